The van der Waals surface area contributed by atoms with E-state index in [1.165, 1.54) is 0 Å². The molecule has 0 saturated heterocycles. The summed E-state index contributed by atoms with van der Waals surface area (Å²) < 4.78 is 5.06. The van der Waals surface area contributed by atoms with Crippen LogP contribution in [0.4, 0.5) is 5.69 Å². The summed E-state index contributed by atoms with van der Waals surface area (Å²) in [5.74, 6) is -0.536. The van der Waals surface area contributed by atoms with Gasteiger partial charge < -0.3 is 4.74 Å². The van der Waals surface area contributed by atoms with Gasteiger partial charge in [-0.2, -0.15) is 5.10 Å². The van der Waals surface area contributed by atoms with Gasteiger partial charge in [0.25, 0.3) is 5.91 Å². The third-order valence-electron chi connectivity index (χ3n) is 4.99. The number of anilines is 1. The molecule has 4 aromatic rings. The zero-order chi connectivity index (χ0) is 20.7. The van der Waals surface area contributed by atoms with E-state index in [2.05, 4.69) is 10.2 Å². The smallest absolute Gasteiger partial charge is 0.338 e. The van der Waals surface area contributed by atoms with Crippen molar-refractivity contribution in [3.8, 4) is 10.6 Å². The number of amides is 1. The van der Waals surface area contributed by atoms with Gasteiger partial charge in [-0.3, -0.25) is 14.8 Å². The second-order valence-electron chi connectivity index (χ2n) is 6.70. The largest absolute Gasteiger partial charge is 0.462 e. The third-order valence-corrected chi connectivity index (χ3v) is 6.81. The van der Waals surface area contributed by atoms with Gasteiger partial charge in [0.2, 0.25) is 0 Å². The normalized spacial score (nSPS) is 15.4. The van der Waals surface area contributed by atoms with Crippen molar-refractivity contribution in [3.05, 3.63) is 81.0 Å². The molecule has 0 saturated carbocycles. The van der Waals surface area contributed by atoms with Crippen molar-refractivity contribution in [2.24, 2.45) is 0 Å². The first-order chi connectivity index (χ1) is 14.7. The van der Waals surface area contributed by atoms with Crippen molar-refractivity contribution in [2.75, 3.05) is 11.5 Å². The van der Waals surface area contributed by atoms with E-state index in [0.29, 0.717) is 23.6 Å². The summed E-state index contributed by atoms with van der Waals surface area (Å²) >= 11 is 3.21. The Hall–Kier alpha value is -3.23. The lowest BCUT2D eigenvalue weighted by atomic mass is 10.0. The van der Waals surface area contributed by atoms with Crippen LogP contribution in [0.25, 0.3) is 10.6 Å². The Morgan fingerprint density at radius 2 is 1.90 bits per heavy atom. The van der Waals surface area contributed by atoms with Gasteiger partial charge in [-0.15, -0.1) is 22.7 Å². The van der Waals surface area contributed by atoms with E-state index in [1.54, 1.807) is 58.8 Å². The van der Waals surface area contributed by atoms with E-state index in [9.17, 15) is 9.59 Å². The van der Waals surface area contributed by atoms with Crippen molar-refractivity contribution >= 4 is 40.2 Å². The lowest BCUT2D eigenvalue weighted by molar-refractivity contribution is 0.0526. The molecular formula is C22H17N3O3S2. The topological polar surface area (TPSA) is 75.3 Å². The fourth-order valence-corrected chi connectivity index (χ4v) is 5.26. The third kappa shape index (κ3) is 2.96. The Balaban J connectivity index is 1.60. The molecule has 1 unspecified atom stereocenters. The molecule has 6 nitrogen and oxygen atoms in total. The second-order valence-corrected chi connectivity index (χ2v) is 8.63. The number of hydrogen-bond donors (Lipinski definition) is 1. The second kappa shape index (κ2) is 7.55. The van der Waals surface area contributed by atoms with Crippen LogP contribution in [-0.2, 0) is 4.74 Å². The Morgan fingerprint density at radius 3 is 2.57 bits per heavy atom. The summed E-state index contributed by atoms with van der Waals surface area (Å²) in [6, 6.07) is 14.7. The van der Waals surface area contributed by atoms with Crippen LogP contribution < -0.4 is 4.90 Å². The number of hydrogen-bond acceptors (Lipinski definition) is 6. The number of carbonyl (C=O) groups is 2. The summed E-state index contributed by atoms with van der Waals surface area (Å²) in [5.41, 5.74) is 3.36. The molecule has 0 fully saturated rings. The van der Waals surface area contributed by atoms with Crippen molar-refractivity contribution in [2.45, 2.75) is 13.0 Å². The minimum Gasteiger partial charge on any atom is -0.462 e. The van der Waals surface area contributed by atoms with Crippen LogP contribution in [0.3, 0.4) is 0 Å². The first-order valence-corrected chi connectivity index (χ1v) is 11.2. The Morgan fingerprint density at radius 1 is 1.13 bits per heavy atom. The summed E-state index contributed by atoms with van der Waals surface area (Å²) in [5, 5.41) is 11.4. The molecule has 30 heavy (non-hydrogen) atoms. The Bertz CT molecular complexity index is 1200. The van der Waals surface area contributed by atoms with Crippen LogP contribution in [0.15, 0.2) is 59.3 Å². The summed E-state index contributed by atoms with van der Waals surface area (Å²) in [7, 11) is 0. The van der Waals surface area contributed by atoms with Crippen LogP contribution in [0.5, 0.6) is 0 Å². The van der Waals surface area contributed by atoms with E-state index >= 15 is 0 Å². The number of carbonyl (C=O) groups excluding carboxylic acids is 2. The minimum atomic E-state index is -0.375. The molecule has 1 aromatic carbocycles. The van der Waals surface area contributed by atoms with Crippen LogP contribution >= 0.6 is 22.7 Å². The maximum absolute atomic E-state index is 13.4. The van der Waals surface area contributed by atoms with Crippen LogP contribution in [0, 0.1) is 0 Å². The van der Waals surface area contributed by atoms with E-state index in [-0.39, 0.29) is 17.9 Å². The average Bonchev–Trinajstić information content (AvgIpc) is 3.54. The van der Waals surface area contributed by atoms with E-state index < -0.39 is 0 Å². The number of rotatable bonds is 5. The molecular weight excluding hydrogens is 418 g/mol. The zero-order valence-corrected chi connectivity index (χ0v) is 17.6. The first-order valence-electron chi connectivity index (χ1n) is 9.45. The highest BCUT2D eigenvalue weighted by Crippen LogP contribution is 2.46. The van der Waals surface area contributed by atoms with Crippen molar-refractivity contribution in [3.63, 3.8) is 0 Å². The van der Waals surface area contributed by atoms with E-state index in [0.717, 1.165) is 21.0 Å². The highest BCUT2D eigenvalue weighted by atomic mass is 32.1. The maximum Gasteiger partial charge on any atom is 0.338 e. The van der Waals surface area contributed by atoms with Gasteiger partial charge in [-0.05, 0) is 54.1 Å². The number of ether oxygens (including phenoxy) is 1. The molecule has 0 spiro atoms. The highest BCUT2D eigenvalue weighted by Gasteiger charge is 2.44. The number of esters is 1. The number of aromatic nitrogens is 2. The quantitative estimate of drug-likeness (QED) is 0.441. The monoisotopic (exact) mass is 435 g/mol. The molecule has 8 heteroatoms. The van der Waals surface area contributed by atoms with Crippen molar-refractivity contribution < 1.29 is 14.3 Å². The van der Waals surface area contributed by atoms with Crippen LogP contribution in [0.2, 0.25) is 0 Å². The number of fused-ring (bicyclic) bond motifs is 1. The van der Waals surface area contributed by atoms with Gasteiger partial charge in [0.05, 0.1) is 22.7 Å². The molecule has 5 rings (SSSR count). The molecule has 0 radical (unpaired) electrons. The van der Waals surface area contributed by atoms with Gasteiger partial charge in [0.15, 0.2) is 5.69 Å². The summed E-state index contributed by atoms with van der Waals surface area (Å²) in [6.45, 7) is 2.09. The first kappa shape index (κ1) is 18.8. The standard InChI is InChI=1S/C22H17N3O3S2/c1-2-28-22(27)13-7-9-14(10-8-13)25-20(16-6-4-12-30-16)17-18(15-5-3-11-29-15)23-24-19(17)21(25)26/h3-12,20H,2H2,1H3,(H,23,24). The maximum atomic E-state index is 13.4. The van der Waals surface area contributed by atoms with Gasteiger partial charge in [0, 0.05) is 16.1 Å². The average molecular weight is 436 g/mol. The van der Waals surface area contributed by atoms with Gasteiger partial charge in [-0.25, -0.2) is 4.79 Å². The number of nitrogens with zero attached hydrogens (tertiary/aromatic N) is 2. The summed E-state index contributed by atoms with van der Waals surface area (Å²) in [4.78, 5) is 29.2. The van der Waals surface area contributed by atoms with Crippen molar-refractivity contribution in [1.82, 2.24) is 10.2 Å². The van der Waals surface area contributed by atoms with Gasteiger partial charge >= 0.3 is 5.97 Å². The molecule has 3 aromatic heterocycles. The van der Waals surface area contributed by atoms with Crippen LogP contribution in [0.1, 0.15) is 44.3 Å². The highest BCUT2D eigenvalue weighted by molar-refractivity contribution is 7.13. The lowest BCUT2D eigenvalue weighted by Crippen LogP contribution is -2.28. The minimum absolute atomic E-state index is 0.161. The van der Waals surface area contributed by atoms with E-state index in [1.807, 2.05) is 35.0 Å². The predicted molar refractivity (Wildman–Crippen MR) is 117 cm³/mol. The number of nitrogens with one attached hydrogen (secondary N) is 1. The molecule has 1 N–H and O–H groups in total. The zero-order valence-electron chi connectivity index (χ0n) is 16.0. The molecule has 0 bridgehead atoms. The molecule has 150 valence electrons. The molecule has 1 amide bonds. The molecule has 1 atom stereocenters. The predicted octanol–water partition coefficient (Wildman–Crippen LogP) is 5.13. The number of aromatic amines is 1. The number of benzene rings is 1. The number of thiophene rings is 2. The molecule has 4 heterocycles. The Labute approximate surface area is 180 Å². The molecule has 0 aliphatic carbocycles. The van der Waals surface area contributed by atoms with Gasteiger partial charge in [0.1, 0.15) is 6.04 Å². The van der Waals surface area contributed by atoms with Gasteiger partial charge in [-0.1, -0.05) is 12.1 Å². The fraction of sp³-hybridized carbons (Fsp3) is 0.136. The van der Waals surface area contributed by atoms with Crippen LogP contribution in [-0.4, -0.2) is 28.7 Å². The fourth-order valence-electron chi connectivity index (χ4n) is 3.70. The van der Waals surface area contributed by atoms with E-state index in [4.69, 9.17) is 4.74 Å². The summed E-state index contributed by atoms with van der Waals surface area (Å²) in [6.07, 6.45) is 0. The number of H-pyrrole nitrogens is 1. The lowest BCUT2D eigenvalue weighted by Gasteiger charge is -2.25. The molecule has 1 aliphatic heterocycles. The SMILES string of the molecule is CCOC(=O)c1ccc(N2C(=O)c3n[nH]c(-c4cccs4)c3C2c2cccs2)cc1. The Kier molecular flexibility index (Phi) is 4.72. The van der Waals surface area contributed by atoms with Crippen molar-refractivity contribution in [1.29, 1.82) is 0 Å². The molecule has 1 aliphatic rings.